The van der Waals surface area contributed by atoms with Gasteiger partial charge in [-0.2, -0.15) is 0 Å². The average Bonchev–Trinajstić information content (AvgIpc) is 2.37. The molecule has 0 spiro atoms. The molecule has 3 atom stereocenters. The smallest absolute Gasteiger partial charge is 0.154 e. The quantitative estimate of drug-likeness (QED) is 0.783. The largest absolute Gasteiger partial charge is 0.313 e. The molecule has 4 heteroatoms. The summed E-state index contributed by atoms with van der Waals surface area (Å²) in [7, 11) is -2.96. The van der Waals surface area contributed by atoms with Crippen LogP contribution < -0.4 is 5.32 Å². The average molecular weight is 289 g/mol. The molecular weight excluding hydrogens is 258 g/mol. The first-order valence-electron chi connectivity index (χ1n) is 7.85. The molecule has 1 aliphatic carbocycles. The maximum Gasteiger partial charge on any atom is 0.154 e. The van der Waals surface area contributed by atoms with Gasteiger partial charge in [-0.25, -0.2) is 8.42 Å². The van der Waals surface area contributed by atoms with Gasteiger partial charge in [-0.15, -0.1) is 0 Å². The zero-order valence-electron chi connectivity index (χ0n) is 13.0. The Labute approximate surface area is 119 Å². The first kappa shape index (κ1) is 17.0. The van der Waals surface area contributed by atoms with Crippen molar-refractivity contribution < 1.29 is 8.42 Å². The lowest BCUT2D eigenvalue weighted by Gasteiger charge is -2.36. The van der Waals surface area contributed by atoms with Gasteiger partial charge in [0.1, 0.15) is 0 Å². The molecule has 0 amide bonds. The second kappa shape index (κ2) is 7.63. The molecule has 0 saturated heterocycles. The van der Waals surface area contributed by atoms with E-state index in [2.05, 4.69) is 33.0 Å². The Kier molecular flexibility index (Phi) is 6.81. The molecular formula is C15H31NO2S. The van der Waals surface area contributed by atoms with Crippen LogP contribution in [0.1, 0.15) is 59.8 Å². The highest BCUT2D eigenvalue weighted by atomic mass is 32.2. The van der Waals surface area contributed by atoms with Gasteiger partial charge in [-0.3, -0.25) is 0 Å². The molecule has 0 aromatic heterocycles. The zero-order chi connectivity index (χ0) is 14.5. The Morgan fingerprint density at radius 3 is 2.42 bits per heavy atom. The molecule has 0 radical (unpaired) electrons. The van der Waals surface area contributed by atoms with Crippen molar-refractivity contribution in [3.63, 3.8) is 0 Å². The van der Waals surface area contributed by atoms with Crippen LogP contribution in [0.5, 0.6) is 0 Å². The molecule has 0 aromatic carbocycles. The summed E-state index contributed by atoms with van der Waals surface area (Å²) in [6.07, 6.45) is 4.93. The van der Waals surface area contributed by atoms with Crippen LogP contribution in [0.25, 0.3) is 0 Å². The molecule has 3 nitrogen and oxygen atoms in total. The normalized spacial score (nSPS) is 28.8. The lowest BCUT2D eigenvalue weighted by Crippen LogP contribution is -2.48. The minimum absolute atomic E-state index is 0.162. The molecule has 0 aliphatic heterocycles. The van der Waals surface area contributed by atoms with Crippen molar-refractivity contribution in [1.82, 2.24) is 5.32 Å². The van der Waals surface area contributed by atoms with Gasteiger partial charge >= 0.3 is 0 Å². The zero-order valence-corrected chi connectivity index (χ0v) is 13.8. The molecule has 1 aliphatic rings. The van der Waals surface area contributed by atoms with Gasteiger partial charge in [0, 0.05) is 6.04 Å². The van der Waals surface area contributed by atoms with Gasteiger partial charge < -0.3 is 5.32 Å². The summed E-state index contributed by atoms with van der Waals surface area (Å²) in [5.74, 6) is 1.40. The maximum absolute atomic E-state index is 12.6. The lowest BCUT2D eigenvalue weighted by molar-refractivity contribution is 0.289. The van der Waals surface area contributed by atoms with E-state index in [9.17, 15) is 8.42 Å². The van der Waals surface area contributed by atoms with Crippen LogP contribution in [0.3, 0.4) is 0 Å². The molecule has 3 unspecified atom stereocenters. The molecule has 1 fully saturated rings. The van der Waals surface area contributed by atoms with E-state index in [0.717, 1.165) is 32.2 Å². The van der Waals surface area contributed by atoms with E-state index in [1.54, 1.807) is 0 Å². The fourth-order valence-corrected chi connectivity index (χ4v) is 5.43. The highest BCUT2D eigenvalue weighted by Gasteiger charge is 2.37. The highest BCUT2D eigenvalue weighted by Crippen LogP contribution is 2.31. The van der Waals surface area contributed by atoms with E-state index < -0.39 is 9.84 Å². The minimum atomic E-state index is -2.96. The van der Waals surface area contributed by atoms with Crippen LogP contribution in [0.2, 0.25) is 0 Å². The Bertz CT molecular complexity index is 351. The van der Waals surface area contributed by atoms with E-state index in [4.69, 9.17) is 0 Å². The highest BCUT2D eigenvalue weighted by molar-refractivity contribution is 7.92. The van der Waals surface area contributed by atoms with E-state index in [0.29, 0.717) is 17.6 Å². The first-order chi connectivity index (χ1) is 8.90. The van der Waals surface area contributed by atoms with Crippen molar-refractivity contribution >= 4 is 9.84 Å². The predicted molar refractivity (Wildman–Crippen MR) is 82.1 cm³/mol. The van der Waals surface area contributed by atoms with Crippen LogP contribution >= 0.6 is 0 Å². The van der Waals surface area contributed by atoms with Crippen molar-refractivity contribution in [1.29, 1.82) is 0 Å². The molecule has 0 heterocycles. The summed E-state index contributed by atoms with van der Waals surface area (Å²) in [5, 5.41) is 3.23. The number of sulfone groups is 1. The summed E-state index contributed by atoms with van der Waals surface area (Å²) in [6.45, 7) is 9.28. The van der Waals surface area contributed by atoms with Crippen LogP contribution in [-0.2, 0) is 9.84 Å². The van der Waals surface area contributed by atoms with E-state index in [1.165, 1.54) is 6.42 Å². The number of hydrogen-bond donors (Lipinski definition) is 1. The number of nitrogens with one attached hydrogen (secondary N) is 1. The Balaban J connectivity index is 2.76. The Morgan fingerprint density at radius 1 is 1.21 bits per heavy atom. The second-order valence-electron chi connectivity index (χ2n) is 6.34. The fourth-order valence-electron chi connectivity index (χ4n) is 3.03. The van der Waals surface area contributed by atoms with Gasteiger partial charge in [-0.05, 0) is 44.1 Å². The standard InChI is InChI=1S/C15H31NO2S/c1-5-13-7-8-14(16-6-2)15(11-13)19(17,18)10-9-12(3)4/h12-16H,5-11H2,1-4H3. The lowest BCUT2D eigenvalue weighted by atomic mass is 9.84. The van der Waals surface area contributed by atoms with Gasteiger partial charge in [0.25, 0.3) is 0 Å². The van der Waals surface area contributed by atoms with Gasteiger partial charge in [0.2, 0.25) is 0 Å². The summed E-state index contributed by atoms with van der Waals surface area (Å²) in [4.78, 5) is 0. The van der Waals surface area contributed by atoms with E-state index in [-0.39, 0.29) is 11.3 Å². The fraction of sp³-hybridized carbons (Fsp3) is 1.00. The SMILES string of the molecule is CCNC1CCC(CC)CC1S(=O)(=O)CCC(C)C. The summed E-state index contributed by atoms with van der Waals surface area (Å²) < 4.78 is 25.2. The Morgan fingerprint density at radius 2 is 1.89 bits per heavy atom. The summed E-state index contributed by atoms with van der Waals surface area (Å²) in [6, 6.07) is 0.171. The van der Waals surface area contributed by atoms with Gasteiger partial charge in [0.15, 0.2) is 9.84 Å². The first-order valence-corrected chi connectivity index (χ1v) is 9.57. The summed E-state index contributed by atoms with van der Waals surface area (Å²) in [5.41, 5.74) is 0. The third kappa shape index (κ3) is 5.07. The van der Waals surface area contributed by atoms with Crippen molar-refractivity contribution in [3.8, 4) is 0 Å². The molecule has 1 saturated carbocycles. The topological polar surface area (TPSA) is 46.2 Å². The van der Waals surface area contributed by atoms with Crippen molar-refractivity contribution in [3.05, 3.63) is 0 Å². The monoisotopic (exact) mass is 289 g/mol. The summed E-state index contributed by atoms with van der Waals surface area (Å²) >= 11 is 0. The third-order valence-corrected chi connectivity index (χ3v) is 6.63. The van der Waals surface area contributed by atoms with Crippen molar-refractivity contribution in [2.75, 3.05) is 12.3 Å². The van der Waals surface area contributed by atoms with E-state index in [1.807, 2.05) is 0 Å². The third-order valence-electron chi connectivity index (χ3n) is 4.38. The minimum Gasteiger partial charge on any atom is -0.313 e. The molecule has 114 valence electrons. The number of hydrogen-bond acceptors (Lipinski definition) is 3. The number of rotatable bonds is 7. The van der Waals surface area contributed by atoms with Crippen LogP contribution in [0.4, 0.5) is 0 Å². The van der Waals surface area contributed by atoms with Gasteiger partial charge in [0.05, 0.1) is 11.0 Å². The molecule has 1 N–H and O–H groups in total. The molecule has 0 aromatic rings. The predicted octanol–water partition coefficient (Wildman–Crippen LogP) is 3.00. The molecule has 19 heavy (non-hydrogen) atoms. The van der Waals surface area contributed by atoms with Crippen LogP contribution in [0.15, 0.2) is 0 Å². The van der Waals surface area contributed by atoms with Crippen LogP contribution in [-0.4, -0.2) is 32.0 Å². The van der Waals surface area contributed by atoms with Crippen LogP contribution in [0, 0.1) is 11.8 Å². The van der Waals surface area contributed by atoms with E-state index >= 15 is 0 Å². The van der Waals surface area contributed by atoms with Gasteiger partial charge in [-0.1, -0.05) is 34.1 Å². The van der Waals surface area contributed by atoms with Crippen molar-refractivity contribution in [2.24, 2.45) is 11.8 Å². The van der Waals surface area contributed by atoms with Crippen molar-refractivity contribution in [2.45, 2.75) is 71.1 Å². The maximum atomic E-state index is 12.6. The Hall–Kier alpha value is -0.0900. The molecule has 0 bridgehead atoms. The second-order valence-corrected chi connectivity index (χ2v) is 8.68. The molecule has 1 rings (SSSR count).